The fraction of sp³-hybridized carbons (Fsp3) is 0.600. The van der Waals surface area contributed by atoms with Gasteiger partial charge in [0.1, 0.15) is 0 Å². The molecule has 92 valence electrons. The average Bonchev–Trinajstić information content (AvgIpc) is 2.14. The molecule has 0 aromatic heterocycles. The third kappa shape index (κ3) is 4.00. The molecule has 0 radical (unpaired) electrons. The van der Waals surface area contributed by atoms with Gasteiger partial charge in [-0.2, -0.15) is 0 Å². The standard InChI is InChI=1S/C10H16O6/c1-10(5-15-2,6-16-3)7(9(13)14)4-8(11)12/h4H,5-6H2,1-3H3,(H,11,12)(H,13,14)/b7-4+. The highest BCUT2D eigenvalue weighted by molar-refractivity contribution is 5.95. The number of ether oxygens (including phenoxy) is 2. The summed E-state index contributed by atoms with van der Waals surface area (Å²) in [7, 11) is 2.82. The van der Waals surface area contributed by atoms with Gasteiger partial charge in [0.2, 0.25) is 0 Å². The monoisotopic (exact) mass is 232 g/mol. The number of carboxylic acids is 2. The molecule has 0 aliphatic rings. The Morgan fingerprint density at radius 2 is 1.62 bits per heavy atom. The van der Waals surface area contributed by atoms with Crippen molar-refractivity contribution >= 4 is 11.9 Å². The summed E-state index contributed by atoms with van der Waals surface area (Å²) in [6, 6.07) is 0. The van der Waals surface area contributed by atoms with Crippen molar-refractivity contribution in [3.63, 3.8) is 0 Å². The molecule has 0 aromatic rings. The van der Waals surface area contributed by atoms with Crippen LogP contribution in [-0.2, 0) is 19.1 Å². The van der Waals surface area contributed by atoms with Crippen LogP contribution in [0.1, 0.15) is 6.92 Å². The van der Waals surface area contributed by atoms with E-state index >= 15 is 0 Å². The Balaban J connectivity index is 5.25. The Labute approximate surface area is 93.5 Å². The maximum Gasteiger partial charge on any atom is 0.332 e. The highest BCUT2D eigenvalue weighted by Crippen LogP contribution is 2.28. The van der Waals surface area contributed by atoms with Crippen molar-refractivity contribution in [1.82, 2.24) is 0 Å². The van der Waals surface area contributed by atoms with Gasteiger partial charge in [-0.3, -0.25) is 0 Å². The Bertz CT molecular complexity index is 288. The van der Waals surface area contributed by atoms with E-state index in [2.05, 4.69) is 0 Å². The SMILES string of the molecule is COCC(C)(COC)/C(=C/C(=O)O)C(=O)O. The van der Waals surface area contributed by atoms with Crippen LogP contribution in [0.4, 0.5) is 0 Å². The number of carbonyl (C=O) groups is 2. The van der Waals surface area contributed by atoms with E-state index in [1.807, 2.05) is 0 Å². The summed E-state index contributed by atoms with van der Waals surface area (Å²) in [4.78, 5) is 21.5. The van der Waals surface area contributed by atoms with Crippen LogP contribution in [0.15, 0.2) is 11.6 Å². The molecule has 0 heterocycles. The second kappa shape index (κ2) is 6.24. The molecule has 0 saturated heterocycles. The summed E-state index contributed by atoms with van der Waals surface area (Å²) in [5.41, 5.74) is -1.24. The van der Waals surface area contributed by atoms with Crippen LogP contribution in [-0.4, -0.2) is 49.6 Å². The number of methoxy groups -OCH3 is 2. The van der Waals surface area contributed by atoms with E-state index in [9.17, 15) is 9.59 Å². The minimum absolute atomic E-state index is 0.0618. The van der Waals surface area contributed by atoms with Crippen LogP contribution in [0.5, 0.6) is 0 Å². The maximum absolute atomic E-state index is 11.0. The van der Waals surface area contributed by atoms with Crippen LogP contribution >= 0.6 is 0 Å². The first-order chi connectivity index (χ1) is 7.37. The lowest BCUT2D eigenvalue weighted by Gasteiger charge is -2.28. The van der Waals surface area contributed by atoms with Gasteiger partial charge in [-0.1, -0.05) is 6.92 Å². The van der Waals surface area contributed by atoms with Crippen molar-refractivity contribution < 1.29 is 29.3 Å². The van der Waals surface area contributed by atoms with Gasteiger partial charge < -0.3 is 19.7 Å². The zero-order valence-electron chi connectivity index (χ0n) is 9.52. The van der Waals surface area contributed by atoms with Crippen molar-refractivity contribution in [3.8, 4) is 0 Å². The molecule has 2 N–H and O–H groups in total. The number of hydrogen-bond acceptors (Lipinski definition) is 4. The Kier molecular flexibility index (Phi) is 5.69. The minimum atomic E-state index is -1.31. The molecule has 0 amide bonds. The van der Waals surface area contributed by atoms with E-state index in [0.29, 0.717) is 6.08 Å². The normalized spacial score (nSPS) is 12.6. The molecular formula is C10H16O6. The lowest BCUT2D eigenvalue weighted by atomic mass is 9.83. The molecule has 0 atom stereocenters. The average molecular weight is 232 g/mol. The lowest BCUT2D eigenvalue weighted by molar-refractivity contribution is -0.137. The molecule has 6 heteroatoms. The molecule has 0 aromatic carbocycles. The predicted molar refractivity (Wildman–Crippen MR) is 55.2 cm³/mol. The molecule has 6 nitrogen and oxygen atoms in total. The quantitative estimate of drug-likeness (QED) is 0.616. The van der Waals surface area contributed by atoms with Crippen LogP contribution in [0.2, 0.25) is 0 Å². The van der Waals surface area contributed by atoms with Gasteiger partial charge in [0.15, 0.2) is 0 Å². The van der Waals surface area contributed by atoms with Gasteiger partial charge in [-0.15, -0.1) is 0 Å². The van der Waals surface area contributed by atoms with Crippen molar-refractivity contribution in [2.45, 2.75) is 6.92 Å². The van der Waals surface area contributed by atoms with Crippen molar-refractivity contribution in [3.05, 3.63) is 11.6 Å². The first-order valence-electron chi connectivity index (χ1n) is 4.53. The fourth-order valence-corrected chi connectivity index (χ4v) is 1.45. The molecule has 16 heavy (non-hydrogen) atoms. The minimum Gasteiger partial charge on any atom is -0.478 e. The second-order valence-electron chi connectivity index (χ2n) is 3.63. The largest absolute Gasteiger partial charge is 0.478 e. The molecule has 0 bridgehead atoms. The molecule has 0 rings (SSSR count). The van der Waals surface area contributed by atoms with Crippen LogP contribution in [0.25, 0.3) is 0 Å². The summed E-state index contributed by atoms with van der Waals surface area (Å²) in [6.45, 7) is 1.70. The van der Waals surface area contributed by atoms with Crippen LogP contribution in [0, 0.1) is 5.41 Å². The second-order valence-corrected chi connectivity index (χ2v) is 3.63. The van der Waals surface area contributed by atoms with E-state index in [4.69, 9.17) is 19.7 Å². The number of aliphatic carboxylic acids is 2. The topological polar surface area (TPSA) is 93.1 Å². The molecular weight excluding hydrogens is 216 g/mol. The van der Waals surface area contributed by atoms with Crippen LogP contribution in [0.3, 0.4) is 0 Å². The van der Waals surface area contributed by atoms with Crippen LogP contribution < -0.4 is 0 Å². The summed E-state index contributed by atoms with van der Waals surface area (Å²) >= 11 is 0. The van der Waals surface area contributed by atoms with E-state index in [1.165, 1.54) is 14.2 Å². The highest BCUT2D eigenvalue weighted by Gasteiger charge is 2.34. The van der Waals surface area contributed by atoms with E-state index in [-0.39, 0.29) is 18.8 Å². The zero-order chi connectivity index (χ0) is 12.8. The Morgan fingerprint density at radius 3 is 1.88 bits per heavy atom. The third-order valence-electron chi connectivity index (χ3n) is 2.07. The first kappa shape index (κ1) is 14.6. The number of carboxylic acid groups (broad SMARTS) is 2. The van der Waals surface area contributed by atoms with E-state index < -0.39 is 17.4 Å². The third-order valence-corrected chi connectivity index (χ3v) is 2.07. The van der Waals surface area contributed by atoms with Gasteiger partial charge >= 0.3 is 11.9 Å². The smallest absolute Gasteiger partial charge is 0.332 e. The highest BCUT2D eigenvalue weighted by atomic mass is 16.5. The molecule has 0 fully saturated rings. The van der Waals surface area contributed by atoms with Gasteiger partial charge in [0.25, 0.3) is 0 Å². The molecule has 0 aliphatic heterocycles. The van der Waals surface area contributed by atoms with E-state index in [0.717, 1.165) is 0 Å². The van der Waals surface area contributed by atoms with Crippen molar-refractivity contribution in [1.29, 1.82) is 0 Å². The molecule has 0 aliphatic carbocycles. The first-order valence-corrected chi connectivity index (χ1v) is 4.53. The summed E-state index contributed by atoms with van der Waals surface area (Å²) < 4.78 is 9.79. The Hall–Kier alpha value is -1.40. The molecule has 0 spiro atoms. The van der Waals surface area contributed by atoms with Crippen molar-refractivity contribution in [2.75, 3.05) is 27.4 Å². The van der Waals surface area contributed by atoms with Crippen molar-refractivity contribution in [2.24, 2.45) is 5.41 Å². The Morgan fingerprint density at radius 1 is 1.19 bits per heavy atom. The van der Waals surface area contributed by atoms with Gasteiger partial charge in [-0.25, -0.2) is 9.59 Å². The van der Waals surface area contributed by atoms with Gasteiger partial charge in [0, 0.05) is 25.7 Å². The lowest BCUT2D eigenvalue weighted by Crippen LogP contribution is -2.34. The fourth-order valence-electron chi connectivity index (χ4n) is 1.45. The summed E-state index contributed by atoms with van der Waals surface area (Å²) in [5.74, 6) is -2.60. The summed E-state index contributed by atoms with van der Waals surface area (Å²) in [6.07, 6.45) is 0.667. The zero-order valence-corrected chi connectivity index (χ0v) is 9.52. The number of hydrogen-bond donors (Lipinski definition) is 2. The van der Waals surface area contributed by atoms with Gasteiger partial charge in [-0.05, 0) is 0 Å². The predicted octanol–water partition coefficient (Wildman–Crippen LogP) is 0.381. The van der Waals surface area contributed by atoms with E-state index in [1.54, 1.807) is 6.92 Å². The summed E-state index contributed by atoms with van der Waals surface area (Å²) in [5, 5.41) is 17.6. The number of rotatable bonds is 7. The van der Waals surface area contributed by atoms with Gasteiger partial charge in [0.05, 0.1) is 18.8 Å². The molecule has 0 saturated carbocycles. The maximum atomic E-state index is 11.0. The molecule has 0 unspecified atom stereocenters.